The molecule has 0 aromatic heterocycles. The number of aliphatic imine (C=N–C) groups is 1. The molecule has 1 aromatic rings. The summed E-state index contributed by atoms with van der Waals surface area (Å²) in [7, 11) is -4.71. The molecule has 0 spiro atoms. The van der Waals surface area contributed by atoms with E-state index in [9.17, 15) is 13.2 Å². The summed E-state index contributed by atoms with van der Waals surface area (Å²) >= 11 is 0. The van der Waals surface area contributed by atoms with Gasteiger partial charge in [0.05, 0.1) is 11.1 Å². The fourth-order valence-corrected chi connectivity index (χ4v) is 2.08. The smallest absolute Gasteiger partial charge is 0.340 e. The van der Waals surface area contributed by atoms with Gasteiger partial charge in [-0.15, -0.1) is 0 Å². The first-order chi connectivity index (χ1) is 8.58. The lowest BCUT2D eigenvalue weighted by molar-refractivity contribution is 0.101. The van der Waals surface area contributed by atoms with Crippen molar-refractivity contribution in [3.63, 3.8) is 0 Å². The predicted octanol–water partition coefficient (Wildman–Crippen LogP) is 1.70. The van der Waals surface area contributed by atoms with Gasteiger partial charge in [-0.3, -0.25) is 9.35 Å². The Kier molecular flexibility index (Phi) is 2.98. The summed E-state index contributed by atoms with van der Waals surface area (Å²) in [6, 6.07) is 5.00. The third kappa shape index (κ3) is 2.82. The molecule has 1 amide bonds. The molecule has 2 rings (SSSR count). The molecule has 1 N–H and O–H groups in total. The Morgan fingerprint density at radius 2 is 1.84 bits per heavy atom. The van der Waals surface area contributed by atoms with Gasteiger partial charge in [-0.25, -0.2) is 0 Å². The average molecular weight is 283 g/mol. The number of amides is 1. The molecule has 0 aliphatic carbocycles. The zero-order valence-corrected chi connectivity index (χ0v) is 11.5. The second-order valence-corrected chi connectivity index (χ2v) is 6.27. The maximum Gasteiger partial charge on any atom is 0.448 e. The molecule has 0 saturated heterocycles. The van der Waals surface area contributed by atoms with Gasteiger partial charge in [0.25, 0.3) is 5.91 Å². The molecular weight excluding hydrogens is 270 g/mol. The summed E-state index contributed by atoms with van der Waals surface area (Å²) in [6.45, 7) is 5.93. The van der Waals surface area contributed by atoms with Gasteiger partial charge >= 0.3 is 10.4 Å². The highest BCUT2D eigenvalue weighted by Gasteiger charge is 2.29. The van der Waals surface area contributed by atoms with Crippen molar-refractivity contribution in [3.8, 4) is 0 Å². The highest BCUT2D eigenvalue weighted by molar-refractivity contribution is 7.81. The van der Waals surface area contributed by atoms with Crippen molar-refractivity contribution >= 4 is 22.2 Å². The lowest BCUT2D eigenvalue weighted by Crippen LogP contribution is -2.15. The number of carbonyl (C=O) groups is 1. The fourth-order valence-electron chi connectivity index (χ4n) is 1.75. The zero-order valence-electron chi connectivity index (χ0n) is 10.7. The minimum atomic E-state index is -4.71. The van der Waals surface area contributed by atoms with Crippen molar-refractivity contribution in [2.45, 2.75) is 26.2 Å². The van der Waals surface area contributed by atoms with Crippen LogP contribution in [0.2, 0.25) is 0 Å². The molecule has 1 aromatic carbocycles. The van der Waals surface area contributed by atoms with Crippen LogP contribution in [0.4, 0.5) is 0 Å². The van der Waals surface area contributed by atoms with Crippen LogP contribution < -0.4 is 0 Å². The maximum atomic E-state index is 11.6. The minimum Gasteiger partial charge on any atom is -0.340 e. The Bertz CT molecular complexity index is 683. The van der Waals surface area contributed by atoms with Gasteiger partial charge in [0, 0.05) is 0 Å². The summed E-state index contributed by atoms with van der Waals surface area (Å²) in [4.78, 5) is 15.1. The van der Waals surface area contributed by atoms with Crippen LogP contribution in [-0.2, 0) is 20.0 Å². The van der Waals surface area contributed by atoms with Crippen LogP contribution in [0.25, 0.3) is 0 Å². The third-order valence-corrected chi connectivity index (χ3v) is 3.10. The quantitative estimate of drug-likeness (QED) is 0.792. The molecule has 0 fully saturated rings. The molecule has 0 saturated carbocycles. The Morgan fingerprint density at radius 3 is 2.37 bits per heavy atom. The lowest BCUT2D eigenvalue weighted by atomic mass is 9.85. The molecule has 1 aliphatic rings. The number of hydrogen-bond acceptors (Lipinski definition) is 4. The number of fused-ring (bicyclic) bond motifs is 1. The van der Waals surface area contributed by atoms with E-state index in [2.05, 4.69) is 9.18 Å². The lowest BCUT2D eigenvalue weighted by Gasteiger charge is -2.19. The van der Waals surface area contributed by atoms with E-state index < -0.39 is 22.2 Å². The Morgan fingerprint density at radius 1 is 1.21 bits per heavy atom. The fraction of sp³-hybridized carbons (Fsp3) is 0.333. The van der Waals surface area contributed by atoms with Crippen molar-refractivity contribution < 1.29 is 21.9 Å². The summed E-state index contributed by atoms with van der Waals surface area (Å²) in [5.41, 5.74) is 1.25. The number of hydrogen-bond donors (Lipinski definition) is 1. The van der Waals surface area contributed by atoms with E-state index in [1.165, 1.54) is 0 Å². The average Bonchev–Trinajstić information content (AvgIpc) is 2.52. The highest BCUT2D eigenvalue weighted by Crippen LogP contribution is 2.28. The van der Waals surface area contributed by atoms with Gasteiger partial charge in [0.1, 0.15) is 0 Å². The van der Waals surface area contributed by atoms with Gasteiger partial charge in [0.15, 0.2) is 0 Å². The molecule has 0 bridgehead atoms. The summed E-state index contributed by atoms with van der Waals surface area (Å²) in [6.07, 6.45) is 0. The van der Waals surface area contributed by atoms with Gasteiger partial charge < -0.3 is 4.18 Å². The summed E-state index contributed by atoms with van der Waals surface area (Å²) < 4.78 is 34.5. The van der Waals surface area contributed by atoms with Crippen LogP contribution in [0, 0.1) is 0 Å². The van der Waals surface area contributed by atoms with Crippen molar-refractivity contribution in [2.24, 2.45) is 4.99 Å². The van der Waals surface area contributed by atoms with Gasteiger partial charge in [-0.2, -0.15) is 13.4 Å². The minimum absolute atomic E-state index is 0.177. The highest BCUT2D eigenvalue weighted by atomic mass is 32.3. The molecule has 102 valence electrons. The number of rotatable bonds is 1. The van der Waals surface area contributed by atoms with Crippen LogP contribution in [0.15, 0.2) is 23.2 Å². The van der Waals surface area contributed by atoms with Crippen LogP contribution in [0.3, 0.4) is 0 Å². The monoisotopic (exact) mass is 283 g/mol. The first-order valence-corrected chi connectivity index (χ1v) is 6.89. The molecule has 1 heterocycles. The molecule has 1 aliphatic heterocycles. The second-order valence-electron chi connectivity index (χ2n) is 5.24. The van der Waals surface area contributed by atoms with E-state index >= 15 is 0 Å². The second kappa shape index (κ2) is 4.14. The van der Waals surface area contributed by atoms with Gasteiger partial charge in [-0.05, 0) is 23.1 Å². The Balaban J connectivity index is 2.52. The molecule has 19 heavy (non-hydrogen) atoms. The third-order valence-electron chi connectivity index (χ3n) is 2.73. The first kappa shape index (κ1) is 13.7. The van der Waals surface area contributed by atoms with Gasteiger partial charge in [-0.1, -0.05) is 26.8 Å². The van der Waals surface area contributed by atoms with Gasteiger partial charge in [0.2, 0.25) is 5.90 Å². The van der Waals surface area contributed by atoms with E-state index in [4.69, 9.17) is 4.55 Å². The molecular formula is C12H13NO5S. The normalized spacial score (nSPS) is 15.2. The van der Waals surface area contributed by atoms with E-state index in [-0.39, 0.29) is 16.5 Å². The van der Waals surface area contributed by atoms with Crippen molar-refractivity contribution in [1.29, 1.82) is 0 Å². The van der Waals surface area contributed by atoms with E-state index in [0.717, 1.165) is 5.56 Å². The van der Waals surface area contributed by atoms with Crippen LogP contribution in [0.5, 0.6) is 0 Å². The largest absolute Gasteiger partial charge is 0.448 e. The van der Waals surface area contributed by atoms with E-state index in [1.807, 2.05) is 20.8 Å². The molecule has 0 atom stereocenters. The van der Waals surface area contributed by atoms with Crippen LogP contribution >= 0.6 is 0 Å². The molecule has 7 heteroatoms. The zero-order chi connectivity index (χ0) is 14.4. The molecule has 0 radical (unpaired) electrons. The van der Waals surface area contributed by atoms with Crippen LogP contribution in [-0.4, -0.2) is 24.8 Å². The van der Waals surface area contributed by atoms with Crippen LogP contribution in [0.1, 0.15) is 42.3 Å². The molecule has 6 nitrogen and oxygen atoms in total. The molecule has 0 unspecified atom stereocenters. The van der Waals surface area contributed by atoms with E-state index in [0.29, 0.717) is 0 Å². The Hall–Kier alpha value is -1.73. The Labute approximate surface area is 111 Å². The van der Waals surface area contributed by atoms with E-state index in [1.54, 1.807) is 18.2 Å². The number of carbonyl (C=O) groups excluding carboxylic acids is 1. The topological polar surface area (TPSA) is 93.0 Å². The first-order valence-electron chi connectivity index (χ1n) is 5.53. The van der Waals surface area contributed by atoms with Crippen molar-refractivity contribution in [2.75, 3.05) is 0 Å². The number of benzene rings is 1. The number of nitrogens with zero attached hydrogens (tertiary/aromatic N) is 1. The summed E-state index contributed by atoms with van der Waals surface area (Å²) in [5, 5.41) is 0. The van der Waals surface area contributed by atoms with Crippen molar-refractivity contribution in [3.05, 3.63) is 34.9 Å². The maximum absolute atomic E-state index is 11.6. The standard InChI is InChI=1S/C12H13NO5S/c1-12(2,3)7-4-5-8-9(6-7)11(13-10(8)14)18-19(15,16)17/h4-6H,1-3H3,(H,15,16,17). The SMILES string of the molecule is CC(C)(C)c1ccc2c(c1)C(OS(=O)(=O)O)=NC2=O. The van der Waals surface area contributed by atoms with Crippen molar-refractivity contribution in [1.82, 2.24) is 0 Å². The predicted molar refractivity (Wildman–Crippen MR) is 68.6 cm³/mol. The summed E-state index contributed by atoms with van der Waals surface area (Å²) in [5.74, 6) is -0.984.